The quantitative estimate of drug-likeness (QED) is 0.454. The molecule has 1 rings (SSSR count). The third kappa shape index (κ3) is 5.00. The molecular formula is C14H19ClMgO2. The number of carbonyl (C=O) groups is 1. The van der Waals surface area contributed by atoms with Crippen LogP contribution in [-0.2, 0) is 13.1 Å². The van der Waals surface area contributed by atoms with E-state index in [1.54, 1.807) is 0 Å². The lowest BCUT2D eigenvalue weighted by molar-refractivity contribution is -0.138. The Morgan fingerprint density at radius 3 is 2.56 bits per heavy atom. The summed E-state index contributed by atoms with van der Waals surface area (Å²) in [4.78, 5) is 11.0. The van der Waals surface area contributed by atoms with Crippen LogP contribution in [0.15, 0.2) is 43.0 Å². The Morgan fingerprint density at radius 2 is 2.06 bits per heavy atom. The van der Waals surface area contributed by atoms with Crippen LogP contribution in [0.3, 0.4) is 0 Å². The van der Waals surface area contributed by atoms with Crippen LogP contribution < -0.4 is 0 Å². The van der Waals surface area contributed by atoms with E-state index in [0.29, 0.717) is 6.61 Å². The Bertz CT molecular complexity index is 381. The van der Waals surface area contributed by atoms with Gasteiger partial charge >= 0.3 is 26.3 Å². The summed E-state index contributed by atoms with van der Waals surface area (Å²) in [6.45, 7) is 6.12. The standard InChI is InChI=1S/C13H15O2.CH3.ClH.Mg/c1-3-13(14)15-10-9-11(2)12-7-5-4-6-8-12;;;/h3-8H,1,9-10H2,2H3;1H3;1H;. The van der Waals surface area contributed by atoms with Crippen LogP contribution in [0.5, 0.6) is 0 Å². The third-order valence-electron chi connectivity index (χ3n) is 3.32. The molecule has 18 heavy (non-hydrogen) atoms. The topological polar surface area (TPSA) is 26.3 Å². The molecule has 0 heterocycles. The summed E-state index contributed by atoms with van der Waals surface area (Å²) in [5, 5.41) is 2.29. The van der Waals surface area contributed by atoms with Crippen molar-refractivity contribution in [3.8, 4) is 0 Å². The van der Waals surface area contributed by atoms with E-state index in [4.69, 9.17) is 4.74 Å². The maximum atomic E-state index is 11.0. The molecule has 0 radical (unpaired) electrons. The second kappa shape index (κ2) is 8.56. The van der Waals surface area contributed by atoms with Crippen LogP contribution in [0, 0.1) is 0 Å². The molecule has 0 aliphatic carbocycles. The fraction of sp³-hybridized carbons (Fsp3) is 0.357. The zero-order valence-corrected chi connectivity index (χ0v) is 13.2. The largest absolute Gasteiger partial charge is 0.463 e. The van der Waals surface area contributed by atoms with Crippen molar-refractivity contribution >= 4 is 38.7 Å². The highest BCUT2D eigenvalue weighted by Gasteiger charge is 2.25. The van der Waals surface area contributed by atoms with Gasteiger partial charge in [0.15, 0.2) is 0 Å². The highest BCUT2D eigenvalue weighted by molar-refractivity contribution is 6.38. The molecule has 0 saturated heterocycles. The summed E-state index contributed by atoms with van der Waals surface area (Å²) in [6.07, 6.45) is 2.10. The van der Waals surface area contributed by atoms with Crippen molar-refractivity contribution in [2.24, 2.45) is 0 Å². The summed E-state index contributed by atoms with van der Waals surface area (Å²) in [5.74, 6) is -0.335. The van der Waals surface area contributed by atoms with Gasteiger partial charge in [-0.25, -0.2) is 4.79 Å². The lowest BCUT2D eigenvalue weighted by Crippen LogP contribution is -2.30. The van der Waals surface area contributed by atoms with Crippen LogP contribution in [0.1, 0.15) is 18.9 Å². The summed E-state index contributed by atoms with van der Waals surface area (Å²) < 4.78 is 5.27. The molecule has 1 aromatic carbocycles. The van der Waals surface area contributed by atoms with Crippen LogP contribution in [0.4, 0.5) is 0 Å². The highest BCUT2D eigenvalue weighted by atomic mass is 35.5. The fourth-order valence-corrected chi connectivity index (χ4v) is 2.94. The zero-order chi connectivity index (χ0) is 12.7. The van der Waals surface area contributed by atoms with Gasteiger partial charge in [-0.2, -0.15) is 5.05 Å². The van der Waals surface area contributed by atoms with Crippen molar-refractivity contribution in [2.75, 3.05) is 6.61 Å². The maximum Gasteiger partial charge on any atom is 0.376 e. The molecule has 0 bridgehead atoms. The first kappa shape index (κ1) is 17.5. The van der Waals surface area contributed by atoms with E-state index < -0.39 is 0 Å². The van der Waals surface area contributed by atoms with Gasteiger partial charge < -0.3 is 4.74 Å². The SMILES string of the molecule is C=CC(=O)OCC[C](C)([Mg][CH3])c1ccccc1.Cl. The first-order chi connectivity index (χ1) is 8.12. The number of ether oxygens (including phenoxy) is 1. The Hall–Kier alpha value is -0.514. The number of benzene rings is 1. The molecule has 2 nitrogen and oxygen atoms in total. The van der Waals surface area contributed by atoms with Gasteiger partial charge in [0.05, 0.1) is 6.61 Å². The van der Waals surface area contributed by atoms with Gasteiger partial charge in [-0.3, -0.25) is 0 Å². The minimum atomic E-state index is -0.335. The van der Waals surface area contributed by atoms with Gasteiger partial charge in [-0.1, -0.05) is 49.4 Å². The van der Waals surface area contributed by atoms with Crippen molar-refractivity contribution in [1.29, 1.82) is 0 Å². The van der Waals surface area contributed by atoms with Gasteiger partial charge in [-0.15, -0.1) is 16.0 Å². The molecule has 1 atom stereocenters. The summed E-state index contributed by atoms with van der Waals surface area (Å²) in [5.41, 5.74) is 1.35. The van der Waals surface area contributed by atoms with Gasteiger partial charge in [0.2, 0.25) is 0 Å². The first-order valence-electron chi connectivity index (χ1n) is 5.97. The van der Waals surface area contributed by atoms with Crippen molar-refractivity contribution in [3.05, 3.63) is 48.6 Å². The maximum absolute atomic E-state index is 11.0. The Kier molecular flexibility index (Phi) is 8.32. The van der Waals surface area contributed by atoms with Crippen molar-refractivity contribution in [1.82, 2.24) is 0 Å². The Labute approximate surface area is 125 Å². The predicted molar refractivity (Wildman–Crippen MR) is 78.4 cm³/mol. The number of carbonyl (C=O) groups excluding carboxylic acids is 1. The second-order valence-corrected chi connectivity index (χ2v) is 6.67. The summed E-state index contributed by atoms with van der Waals surface area (Å²) >= 11 is -0.235. The fourth-order valence-electron chi connectivity index (χ4n) is 1.80. The molecule has 0 aliphatic rings. The average Bonchev–Trinajstić information content (AvgIpc) is 2.39. The van der Waals surface area contributed by atoms with E-state index in [9.17, 15) is 4.79 Å². The average molecular weight is 279 g/mol. The van der Waals surface area contributed by atoms with E-state index in [2.05, 4.69) is 42.8 Å². The number of esters is 1. The smallest absolute Gasteiger partial charge is 0.376 e. The van der Waals surface area contributed by atoms with E-state index in [1.807, 2.05) is 6.07 Å². The molecule has 0 saturated carbocycles. The number of rotatable bonds is 6. The number of halogens is 1. The predicted octanol–water partition coefficient (Wildman–Crippen LogP) is 3.20. The minimum Gasteiger partial charge on any atom is -0.463 e. The Balaban J connectivity index is 0.00000289. The van der Waals surface area contributed by atoms with E-state index in [-0.39, 0.29) is 42.3 Å². The molecule has 0 spiro atoms. The number of hydrogen-bond acceptors (Lipinski definition) is 2. The summed E-state index contributed by atoms with van der Waals surface area (Å²) in [7, 11) is 0. The van der Waals surface area contributed by atoms with Gasteiger partial charge in [0.1, 0.15) is 0 Å². The van der Waals surface area contributed by atoms with E-state index in [1.165, 1.54) is 11.6 Å². The van der Waals surface area contributed by atoms with Crippen molar-refractivity contribution < 1.29 is 9.53 Å². The van der Waals surface area contributed by atoms with Crippen molar-refractivity contribution in [3.63, 3.8) is 0 Å². The normalized spacial score (nSPS) is 12.6. The van der Waals surface area contributed by atoms with Gasteiger partial charge in [-0.05, 0) is 6.42 Å². The number of hydrogen-bond donors (Lipinski definition) is 0. The molecule has 1 aromatic rings. The zero-order valence-electron chi connectivity index (χ0n) is 11.0. The van der Waals surface area contributed by atoms with Crippen LogP contribution in [0.25, 0.3) is 0 Å². The molecule has 0 fully saturated rings. The molecule has 0 N–H and O–H groups in total. The van der Waals surface area contributed by atoms with E-state index >= 15 is 0 Å². The summed E-state index contributed by atoms with van der Waals surface area (Å²) in [6, 6.07) is 10.5. The van der Waals surface area contributed by atoms with Gasteiger partial charge in [0, 0.05) is 6.08 Å². The molecule has 1 unspecified atom stereocenters. The Morgan fingerprint density at radius 1 is 1.44 bits per heavy atom. The monoisotopic (exact) mass is 278 g/mol. The van der Waals surface area contributed by atoms with Crippen LogP contribution in [-0.4, -0.2) is 32.9 Å². The molecule has 4 heteroatoms. The molecule has 0 aliphatic heterocycles. The lowest BCUT2D eigenvalue weighted by atomic mass is 9.96. The van der Waals surface area contributed by atoms with Crippen LogP contribution in [0.2, 0.25) is 5.05 Å². The third-order valence-corrected chi connectivity index (χ3v) is 5.64. The second-order valence-electron chi connectivity index (χ2n) is 4.40. The van der Waals surface area contributed by atoms with E-state index in [0.717, 1.165) is 6.42 Å². The lowest BCUT2D eigenvalue weighted by Gasteiger charge is -2.29. The highest BCUT2D eigenvalue weighted by Crippen LogP contribution is 2.26. The van der Waals surface area contributed by atoms with Gasteiger partial charge in [0.25, 0.3) is 0 Å². The first-order valence-corrected chi connectivity index (χ1v) is 8.09. The molecule has 96 valence electrons. The molecular weight excluding hydrogens is 260 g/mol. The van der Waals surface area contributed by atoms with Crippen LogP contribution >= 0.6 is 12.4 Å². The van der Waals surface area contributed by atoms with Crippen molar-refractivity contribution in [2.45, 2.75) is 21.9 Å². The molecule has 0 amide bonds. The minimum absolute atomic E-state index is 0. The molecule has 0 aromatic heterocycles.